The number of fused-ring (bicyclic) bond motifs is 1. The van der Waals surface area contributed by atoms with Gasteiger partial charge in [0.2, 0.25) is 0 Å². The molecule has 1 heterocycles. The Hall–Kier alpha value is -0.980. The van der Waals surface area contributed by atoms with Crippen LogP contribution in [0.5, 0.6) is 0 Å². The maximum absolute atomic E-state index is 2.58. The molecule has 0 aromatic heterocycles. The standard InChI is InChI=1S/C15H23N/c1-3-4-5-10-16-11-6-7-14-12-13(2)8-9-15(14)16/h8-9,12H,3-7,10-11H2,1-2H3. The molecule has 0 atom stereocenters. The van der Waals surface area contributed by atoms with Gasteiger partial charge in [-0.05, 0) is 37.8 Å². The van der Waals surface area contributed by atoms with Crippen LogP contribution in [-0.2, 0) is 6.42 Å². The zero-order chi connectivity index (χ0) is 11.4. The fourth-order valence-electron chi connectivity index (χ4n) is 2.59. The molecule has 88 valence electrons. The lowest BCUT2D eigenvalue weighted by Crippen LogP contribution is -2.30. The molecule has 1 aromatic rings. The molecular formula is C15H23N. The van der Waals surface area contributed by atoms with E-state index < -0.39 is 0 Å². The molecular weight excluding hydrogens is 194 g/mol. The molecule has 1 heteroatoms. The van der Waals surface area contributed by atoms with E-state index in [1.165, 1.54) is 56.4 Å². The average molecular weight is 217 g/mol. The van der Waals surface area contributed by atoms with Gasteiger partial charge in [-0.15, -0.1) is 0 Å². The van der Waals surface area contributed by atoms with Gasteiger partial charge in [-0.2, -0.15) is 0 Å². The average Bonchev–Trinajstić information content (AvgIpc) is 2.29. The summed E-state index contributed by atoms with van der Waals surface area (Å²) in [6.07, 6.45) is 6.60. The zero-order valence-electron chi connectivity index (χ0n) is 10.6. The number of rotatable bonds is 4. The highest BCUT2D eigenvalue weighted by Gasteiger charge is 2.15. The van der Waals surface area contributed by atoms with Crippen molar-refractivity contribution >= 4 is 5.69 Å². The van der Waals surface area contributed by atoms with Crippen LogP contribution in [0.25, 0.3) is 0 Å². The van der Waals surface area contributed by atoms with E-state index in [-0.39, 0.29) is 0 Å². The van der Waals surface area contributed by atoms with Crippen molar-refractivity contribution in [3.8, 4) is 0 Å². The molecule has 16 heavy (non-hydrogen) atoms. The van der Waals surface area contributed by atoms with Crippen LogP contribution >= 0.6 is 0 Å². The fraction of sp³-hybridized carbons (Fsp3) is 0.600. The quantitative estimate of drug-likeness (QED) is 0.691. The normalized spacial score (nSPS) is 15.0. The van der Waals surface area contributed by atoms with Crippen molar-refractivity contribution < 1.29 is 0 Å². The first-order valence-corrected chi connectivity index (χ1v) is 6.65. The Kier molecular flexibility index (Phi) is 3.87. The first-order valence-electron chi connectivity index (χ1n) is 6.65. The summed E-state index contributed by atoms with van der Waals surface area (Å²) in [5.41, 5.74) is 4.45. The van der Waals surface area contributed by atoms with Crippen molar-refractivity contribution in [1.82, 2.24) is 0 Å². The molecule has 0 saturated heterocycles. The van der Waals surface area contributed by atoms with Gasteiger partial charge in [-0.1, -0.05) is 37.5 Å². The first-order chi connectivity index (χ1) is 7.81. The van der Waals surface area contributed by atoms with E-state index in [0.717, 1.165) is 0 Å². The van der Waals surface area contributed by atoms with Crippen LogP contribution in [0.3, 0.4) is 0 Å². The summed E-state index contributed by atoms with van der Waals surface area (Å²) in [6.45, 7) is 6.95. The lowest BCUT2D eigenvalue weighted by atomic mass is 9.99. The molecule has 1 aliphatic rings. The van der Waals surface area contributed by atoms with Crippen molar-refractivity contribution in [1.29, 1.82) is 0 Å². The molecule has 0 saturated carbocycles. The van der Waals surface area contributed by atoms with E-state index >= 15 is 0 Å². The Labute approximate surface area is 99.5 Å². The molecule has 0 unspecified atom stereocenters. The van der Waals surface area contributed by atoms with E-state index in [1.807, 2.05) is 0 Å². The zero-order valence-corrected chi connectivity index (χ0v) is 10.6. The van der Waals surface area contributed by atoms with Gasteiger partial charge in [0.05, 0.1) is 0 Å². The van der Waals surface area contributed by atoms with Gasteiger partial charge in [-0.25, -0.2) is 0 Å². The van der Waals surface area contributed by atoms with Crippen molar-refractivity contribution in [3.05, 3.63) is 29.3 Å². The third-order valence-electron chi connectivity index (χ3n) is 3.48. The molecule has 0 spiro atoms. The van der Waals surface area contributed by atoms with Gasteiger partial charge in [0.15, 0.2) is 0 Å². The van der Waals surface area contributed by atoms with Crippen LogP contribution in [0.4, 0.5) is 5.69 Å². The predicted molar refractivity (Wildman–Crippen MR) is 71.2 cm³/mol. The smallest absolute Gasteiger partial charge is 0.0398 e. The van der Waals surface area contributed by atoms with Crippen molar-refractivity contribution in [2.75, 3.05) is 18.0 Å². The summed E-state index contributed by atoms with van der Waals surface area (Å²) in [5.74, 6) is 0. The second-order valence-corrected chi connectivity index (χ2v) is 4.93. The molecule has 0 aliphatic carbocycles. The molecule has 0 N–H and O–H groups in total. The Morgan fingerprint density at radius 1 is 1.25 bits per heavy atom. The van der Waals surface area contributed by atoms with Gasteiger partial charge in [-0.3, -0.25) is 0 Å². The number of unbranched alkanes of at least 4 members (excludes halogenated alkanes) is 2. The summed E-state index contributed by atoms with van der Waals surface area (Å²) in [4.78, 5) is 2.58. The number of anilines is 1. The Morgan fingerprint density at radius 2 is 2.12 bits per heavy atom. The van der Waals surface area contributed by atoms with E-state index in [0.29, 0.717) is 0 Å². The summed E-state index contributed by atoms with van der Waals surface area (Å²) >= 11 is 0. The van der Waals surface area contributed by atoms with Gasteiger partial charge in [0.25, 0.3) is 0 Å². The van der Waals surface area contributed by atoms with Crippen molar-refractivity contribution in [2.24, 2.45) is 0 Å². The van der Waals surface area contributed by atoms with Crippen LogP contribution in [0.15, 0.2) is 18.2 Å². The minimum atomic E-state index is 1.24. The van der Waals surface area contributed by atoms with Crippen LogP contribution in [0, 0.1) is 6.92 Å². The highest BCUT2D eigenvalue weighted by molar-refractivity contribution is 5.56. The summed E-state index contributed by atoms with van der Waals surface area (Å²) in [7, 11) is 0. The SMILES string of the molecule is CCCCCN1CCCc2cc(C)ccc21. The highest BCUT2D eigenvalue weighted by atomic mass is 15.1. The highest BCUT2D eigenvalue weighted by Crippen LogP contribution is 2.28. The van der Waals surface area contributed by atoms with E-state index in [1.54, 1.807) is 5.56 Å². The molecule has 2 rings (SSSR count). The van der Waals surface area contributed by atoms with Gasteiger partial charge < -0.3 is 4.90 Å². The minimum Gasteiger partial charge on any atom is -0.371 e. The first kappa shape index (κ1) is 11.5. The second-order valence-electron chi connectivity index (χ2n) is 4.93. The monoisotopic (exact) mass is 217 g/mol. The molecule has 0 bridgehead atoms. The van der Waals surface area contributed by atoms with Gasteiger partial charge >= 0.3 is 0 Å². The van der Waals surface area contributed by atoms with E-state index in [9.17, 15) is 0 Å². The van der Waals surface area contributed by atoms with E-state index in [2.05, 4.69) is 36.9 Å². The summed E-state index contributed by atoms with van der Waals surface area (Å²) in [6, 6.07) is 6.92. The number of benzene rings is 1. The molecule has 1 aromatic carbocycles. The van der Waals surface area contributed by atoms with Crippen LogP contribution in [-0.4, -0.2) is 13.1 Å². The van der Waals surface area contributed by atoms with Gasteiger partial charge in [0.1, 0.15) is 0 Å². The Bertz CT molecular complexity index is 343. The van der Waals surface area contributed by atoms with Crippen molar-refractivity contribution in [2.45, 2.75) is 46.0 Å². The van der Waals surface area contributed by atoms with Crippen LogP contribution < -0.4 is 4.90 Å². The number of nitrogens with zero attached hydrogens (tertiary/aromatic N) is 1. The van der Waals surface area contributed by atoms with Gasteiger partial charge in [0, 0.05) is 18.8 Å². The lowest BCUT2D eigenvalue weighted by molar-refractivity contribution is 0.638. The molecule has 0 amide bonds. The number of hydrogen-bond donors (Lipinski definition) is 0. The van der Waals surface area contributed by atoms with Crippen molar-refractivity contribution in [3.63, 3.8) is 0 Å². The Morgan fingerprint density at radius 3 is 2.94 bits per heavy atom. The minimum absolute atomic E-state index is 1.24. The summed E-state index contributed by atoms with van der Waals surface area (Å²) in [5, 5.41) is 0. The second kappa shape index (κ2) is 5.38. The topological polar surface area (TPSA) is 3.24 Å². The molecule has 1 aliphatic heterocycles. The Balaban J connectivity index is 2.07. The fourth-order valence-corrected chi connectivity index (χ4v) is 2.59. The number of hydrogen-bond acceptors (Lipinski definition) is 1. The lowest BCUT2D eigenvalue weighted by Gasteiger charge is -2.31. The third kappa shape index (κ3) is 2.58. The van der Waals surface area contributed by atoms with E-state index in [4.69, 9.17) is 0 Å². The summed E-state index contributed by atoms with van der Waals surface area (Å²) < 4.78 is 0. The van der Waals surface area contributed by atoms with Crippen LogP contribution in [0.1, 0.15) is 43.7 Å². The maximum atomic E-state index is 2.58. The molecule has 0 fully saturated rings. The molecule has 1 nitrogen and oxygen atoms in total. The molecule has 0 radical (unpaired) electrons. The van der Waals surface area contributed by atoms with Crippen LogP contribution in [0.2, 0.25) is 0 Å². The predicted octanol–water partition coefficient (Wildman–Crippen LogP) is 3.94. The maximum Gasteiger partial charge on any atom is 0.0398 e. The largest absolute Gasteiger partial charge is 0.371 e. The number of aryl methyl sites for hydroxylation is 2. The third-order valence-corrected chi connectivity index (χ3v) is 3.48.